The molecular formula is C18H30N6O2. The topological polar surface area (TPSA) is 94.8 Å². The molecule has 2 atom stereocenters. The van der Waals surface area contributed by atoms with Crippen LogP contribution in [-0.2, 0) is 0 Å². The summed E-state index contributed by atoms with van der Waals surface area (Å²) in [4.78, 5) is 17.4. The highest BCUT2D eigenvalue weighted by Crippen LogP contribution is 2.22. The summed E-state index contributed by atoms with van der Waals surface area (Å²) in [5, 5.41) is 20.9. The summed E-state index contributed by atoms with van der Waals surface area (Å²) in [5.41, 5.74) is 0.614. The highest BCUT2D eigenvalue weighted by molar-refractivity contribution is 5.80. The number of nitrogens with zero attached hydrogens (tertiary/aromatic N) is 3. The lowest BCUT2D eigenvalue weighted by Crippen LogP contribution is -2.47. The lowest BCUT2D eigenvalue weighted by Gasteiger charge is -2.22. The van der Waals surface area contributed by atoms with Crippen LogP contribution < -0.4 is 16.0 Å². The van der Waals surface area contributed by atoms with E-state index in [0.29, 0.717) is 36.8 Å². The molecule has 1 aromatic rings. The Morgan fingerprint density at radius 2 is 2.08 bits per heavy atom. The Bertz CT molecular complexity index is 634. The quantitative estimate of drug-likeness (QED) is 0.225. The first-order chi connectivity index (χ1) is 12.4. The summed E-state index contributed by atoms with van der Waals surface area (Å²) in [6.45, 7) is 9.96. The number of nitrogens with one attached hydrogen (secondary N) is 3. The number of rotatable bonds is 7. The zero-order chi connectivity index (χ0) is 19.1. The van der Waals surface area contributed by atoms with Crippen LogP contribution in [-0.4, -0.2) is 61.1 Å². The van der Waals surface area contributed by atoms with Gasteiger partial charge in [-0.15, -0.1) is 0 Å². The summed E-state index contributed by atoms with van der Waals surface area (Å²) < 4.78 is 0. The molecular weight excluding hydrogens is 332 g/mol. The fourth-order valence-electron chi connectivity index (χ4n) is 3.14. The summed E-state index contributed by atoms with van der Waals surface area (Å²) in [6, 6.07) is 7.57. The number of likely N-dealkylation sites (tertiary alicyclic amines) is 1. The SMILES string of the molecule is CN=C(NCCNc1ccccc1[N+](=O)[O-])NC1CN(C(C)C)CC1C. The van der Waals surface area contributed by atoms with Gasteiger partial charge in [0.15, 0.2) is 5.96 Å². The van der Waals surface area contributed by atoms with Gasteiger partial charge in [0.25, 0.3) is 5.69 Å². The highest BCUT2D eigenvalue weighted by atomic mass is 16.6. The third kappa shape index (κ3) is 5.32. The van der Waals surface area contributed by atoms with E-state index in [0.717, 1.165) is 19.0 Å². The number of nitro groups is 1. The van der Waals surface area contributed by atoms with E-state index in [2.05, 4.69) is 46.6 Å². The Morgan fingerprint density at radius 1 is 1.35 bits per heavy atom. The van der Waals surface area contributed by atoms with Crippen LogP contribution >= 0.6 is 0 Å². The molecule has 2 rings (SSSR count). The zero-order valence-corrected chi connectivity index (χ0v) is 16.0. The molecule has 26 heavy (non-hydrogen) atoms. The second-order valence-corrected chi connectivity index (χ2v) is 6.98. The zero-order valence-electron chi connectivity index (χ0n) is 16.0. The first kappa shape index (κ1) is 20.0. The lowest BCUT2D eigenvalue weighted by molar-refractivity contribution is -0.384. The van der Waals surface area contributed by atoms with Crippen molar-refractivity contribution in [3.8, 4) is 0 Å². The van der Waals surface area contributed by atoms with Gasteiger partial charge in [0.1, 0.15) is 5.69 Å². The standard InChI is InChI=1S/C18H30N6O2/c1-13(2)23-11-14(3)16(12-23)22-18(19-4)21-10-9-20-15-7-5-6-8-17(15)24(25)26/h5-8,13-14,16,20H,9-12H2,1-4H3,(H2,19,21,22). The maximum atomic E-state index is 11.0. The number of guanidine groups is 1. The van der Waals surface area contributed by atoms with E-state index >= 15 is 0 Å². The summed E-state index contributed by atoms with van der Waals surface area (Å²) in [7, 11) is 1.75. The minimum atomic E-state index is -0.377. The average molecular weight is 362 g/mol. The first-order valence-corrected chi connectivity index (χ1v) is 9.11. The Labute approximate surface area is 155 Å². The molecule has 8 heteroatoms. The number of benzene rings is 1. The fourth-order valence-corrected chi connectivity index (χ4v) is 3.14. The van der Waals surface area contributed by atoms with Crippen molar-refractivity contribution in [3.63, 3.8) is 0 Å². The number of para-hydroxylation sites is 2. The van der Waals surface area contributed by atoms with Gasteiger partial charge in [-0.3, -0.25) is 20.0 Å². The van der Waals surface area contributed by atoms with E-state index in [1.807, 2.05) is 0 Å². The van der Waals surface area contributed by atoms with Crippen molar-refractivity contribution in [2.75, 3.05) is 38.5 Å². The van der Waals surface area contributed by atoms with E-state index in [9.17, 15) is 10.1 Å². The largest absolute Gasteiger partial charge is 0.378 e. The number of aliphatic imine (C=N–C) groups is 1. The van der Waals surface area contributed by atoms with E-state index < -0.39 is 0 Å². The molecule has 0 bridgehead atoms. The number of hydrogen-bond donors (Lipinski definition) is 3. The van der Waals surface area contributed by atoms with Crippen molar-refractivity contribution in [1.29, 1.82) is 0 Å². The van der Waals surface area contributed by atoms with Crippen LogP contribution in [0.15, 0.2) is 29.3 Å². The third-order valence-corrected chi connectivity index (χ3v) is 4.75. The molecule has 1 saturated heterocycles. The molecule has 1 aliphatic heterocycles. The molecule has 0 saturated carbocycles. The minimum Gasteiger partial charge on any atom is -0.378 e. The van der Waals surface area contributed by atoms with E-state index in [-0.39, 0.29) is 10.6 Å². The Balaban J connectivity index is 1.79. The minimum absolute atomic E-state index is 0.0866. The van der Waals surface area contributed by atoms with Crippen LogP contribution in [0.2, 0.25) is 0 Å². The van der Waals surface area contributed by atoms with Gasteiger partial charge in [0.05, 0.1) is 4.92 Å². The van der Waals surface area contributed by atoms with Crippen molar-refractivity contribution < 1.29 is 4.92 Å². The second kappa shape index (κ2) is 9.38. The van der Waals surface area contributed by atoms with Crippen molar-refractivity contribution in [2.45, 2.75) is 32.9 Å². The molecule has 0 spiro atoms. The maximum Gasteiger partial charge on any atom is 0.292 e. The van der Waals surface area contributed by atoms with Crippen molar-refractivity contribution >= 4 is 17.3 Å². The molecule has 1 heterocycles. The number of hydrogen-bond acceptors (Lipinski definition) is 5. The predicted octanol–water partition coefficient (Wildman–Crippen LogP) is 1.90. The van der Waals surface area contributed by atoms with Gasteiger partial charge < -0.3 is 16.0 Å². The van der Waals surface area contributed by atoms with Crippen LogP contribution in [0.1, 0.15) is 20.8 Å². The monoisotopic (exact) mass is 362 g/mol. The molecule has 144 valence electrons. The van der Waals surface area contributed by atoms with Gasteiger partial charge in [-0.2, -0.15) is 0 Å². The van der Waals surface area contributed by atoms with Crippen molar-refractivity contribution in [2.24, 2.45) is 10.9 Å². The predicted molar refractivity (Wildman–Crippen MR) is 106 cm³/mol. The van der Waals surface area contributed by atoms with Gasteiger partial charge in [0, 0.05) is 51.4 Å². The smallest absolute Gasteiger partial charge is 0.292 e. The van der Waals surface area contributed by atoms with Crippen molar-refractivity contribution in [3.05, 3.63) is 34.4 Å². The van der Waals surface area contributed by atoms with E-state index in [1.54, 1.807) is 25.2 Å². The first-order valence-electron chi connectivity index (χ1n) is 9.11. The van der Waals surface area contributed by atoms with Gasteiger partial charge in [-0.05, 0) is 25.8 Å². The van der Waals surface area contributed by atoms with Crippen LogP contribution in [0.4, 0.5) is 11.4 Å². The van der Waals surface area contributed by atoms with Crippen LogP contribution in [0.5, 0.6) is 0 Å². The van der Waals surface area contributed by atoms with Crippen LogP contribution in [0.3, 0.4) is 0 Å². The van der Waals surface area contributed by atoms with Crippen LogP contribution in [0, 0.1) is 16.0 Å². The summed E-state index contributed by atoms with van der Waals surface area (Å²) in [5.74, 6) is 1.32. The number of anilines is 1. The molecule has 8 nitrogen and oxygen atoms in total. The Morgan fingerprint density at radius 3 is 2.69 bits per heavy atom. The fraction of sp³-hybridized carbons (Fsp3) is 0.611. The molecule has 1 aromatic carbocycles. The van der Waals surface area contributed by atoms with Crippen molar-refractivity contribution in [1.82, 2.24) is 15.5 Å². The highest BCUT2D eigenvalue weighted by Gasteiger charge is 2.31. The molecule has 2 unspecified atom stereocenters. The van der Waals surface area contributed by atoms with Crippen LogP contribution in [0.25, 0.3) is 0 Å². The molecule has 0 amide bonds. The molecule has 1 aliphatic rings. The van der Waals surface area contributed by atoms with Gasteiger partial charge >= 0.3 is 0 Å². The molecule has 1 fully saturated rings. The van der Waals surface area contributed by atoms with Gasteiger partial charge in [0.2, 0.25) is 0 Å². The Kier molecular flexibility index (Phi) is 7.20. The van der Waals surface area contributed by atoms with Gasteiger partial charge in [-0.1, -0.05) is 19.1 Å². The van der Waals surface area contributed by atoms with E-state index in [1.165, 1.54) is 6.07 Å². The average Bonchev–Trinajstić information content (AvgIpc) is 2.98. The molecule has 0 aliphatic carbocycles. The lowest BCUT2D eigenvalue weighted by atomic mass is 10.1. The Hall–Kier alpha value is -2.35. The summed E-state index contributed by atoms with van der Waals surface area (Å²) >= 11 is 0. The molecule has 0 radical (unpaired) electrons. The molecule has 0 aromatic heterocycles. The second-order valence-electron chi connectivity index (χ2n) is 6.98. The van der Waals surface area contributed by atoms with Gasteiger partial charge in [-0.25, -0.2) is 0 Å². The molecule has 3 N–H and O–H groups in total. The van der Waals surface area contributed by atoms with E-state index in [4.69, 9.17) is 0 Å². The third-order valence-electron chi connectivity index (χ3n) is 4.75. The summed E-state index contributed by atoms with van der Waals surface area (Å²) in [6.07, 6.45) is 0. The number of nitro benzene ring substituents is 1. The maximum absolute atomic E-state index is 11.0. The normalized spacial score (nSPS) is 21.0.